The largest absolute Gasteiger partial charge is 0.433 e. The minimum Gasteiger partial charge on any atom is -0.355 e. The molecule has 0 saturated carbocycles. The predicted molar refractivity (Wildman–Crippen MR) is 122 cm³/mol. The van der Waals surface area contributed by atoms with Crippen LogP contribution < -0.4 is 10.2 Å². The Morgan fingerprint density at radius 3 is 2.03 bits per heavy atom. The third kappa shape index (κ3) is 6.04. The van der Waals surface area contributed by atoms with Gasteiger partial charge in [0.1, 0.15) is 6.11 Å². The van der Waals surface area contributed by atoms with E-state index in [4.69, 9.17) is 4.74 Å². The van der Waals surface area contributed by atoms with Gasteiger partial charge in [0, 0.05) is 12.4 Å². The highest BCUT2D eigenvalue weighted by atomic mass is 16.5. The van der Waals surface area contributed by atoms with E-state index in [0.29, 0.717) is 22.9 Å². The van der Waals surface area contributed by atoms with Crippen LogP contribution >= 0.6 is 0 Å². The van der Waals surface area contributed by atoms with Crippen LogP contribution in [0.1, 0.15) is 18.9 Å². The first-order chi connectivity index (χ1) is 15.1. The zero-order chi connectivity index (χ0) is 22.1. The average Bonchev–Trinajstić information content (AvgIpc) is 2.80. The molecule has 3 rings (SSSR count). The fourth-order valence-corrected chi connectivity index (χ4v) is 2.90. The van der Waals surface area contributed by atoms with Crippen LogP contribution in [0.5, 0.6) is 0 Å². The van der Waals surface area contributed by atoms with E-state index in [0.717, 1.165) is 6.42 Å². The quantitative estimate of drug-likeness (QED) is 0.473. The maximum atomic E-state index is 12.8. The SMILES string of the molecule is CCC(Nc1ncc(C#COC(=O)N(c2ccccc2)c2ccccc2)cn1)N(C)C. The maximum absolute atomic E-state index is 12.8. The molecular formula is C24H25N5O2. The molecule has 0 radical (unpaired) electrons. The van der Waals surface area contributed by atoms with Crippen molar-refractivity contribution in [1.82, 2.24) is 14.9 Å². The van der Waals surface area contributed by atoms with E-state index in [1.165, 1.54) is 4.90 Å². The van der Waals surface area contributed by atoms with Gasteiger partial charge in [0.05, 0.1) is 23.1 Å². The second-order valence-electron chi connectivity index (χ2n) is 6.93. The van der Waals surface area contributed by atoms with E-state index >= 15 is 0 Å². The van der Waals surface area contributed by atoms with Crippen LogP contribution in [-0.2, 0) is 4.74 Å². The molecular weight excluding hydrogens is 390 g/mol. The van der Waals surface area contributed by atoms with Crippen molar-refractivity contribution in [2.75, 3.05) is 24.3 Å². The molecule has 0 spiro atoms. The van der Waals surface area contributed by atoms with E-state index in [1.54, 1.807) is 12.4 Å². The summed E-state index contributed by atoms with van der Waals surface area (Å²) in [5.74, 6) is 3.28. The maximum Gasteiger partial charge on any atom is 0.433 e. The van der Waals surface area contributed by atoms with Crippen LogP contribution in [0, 0.1) is 12.0 Å². The first-order valence-electron chi connectivity index (χ1n) is 9.95. The number of anilines is 3. The van der Waals surface area contributed by atoms with Crippen molar-refractivity contribution in [3.63, 3.8) is 0 Å². The number of para-hydroxylation sites is 2. The molecule has 3 aromatic rings. The van der Waals surface area contributed by atoms with Gasteiger partial charge in [-0.2, -0.15) is 0 Å². The van der Waals surface area contributed by atoms with Crippen molar-refractivity contribution in [3.8, 4) is 12.0 Å². The van der Waals surface area contributed by atoms with Gasteiger partial charge >= 0.3 is 6.09 Å². The van der Waals surface area contributed by atoms with Crippen LogP contribution in [0.15, 0.2) is 73.1 Å². The molecule has 1 aromatic heterocycles. The summed E-state index contributed by atoms with van der Waals surface area (Å²) in [7, 11) is 3.98. The lowest BCUT2D eigenvalue weighted by Gasteiger charge is -2.23. The molecule has 1 N–H and O–H groups in total. The van der Waals surface area contributed by atoms with Gasteiger partial charge in [-0.15, -0.1) is 0 Å². The van der Waals surface area contributed by atoms with E-state index in [1.807, 2.05) is 74.8 Å². The number of hydrogen-bond donors (Lipinski definition) is 1. The number of ether oxygens (including phenoxy) is 1. The van der Waals surface area contributed by atoms with Crippen LogP contribution in [-0.4, -0.2) is 41.2 Å². The van der Waals surface area contributed by atoms with Crippen LogP contribution in [0.25, 0.3) is 0 Å². The van der Waals surface area contributed by atoms with Gasteiger partial charge < -0.3 is 10.1 Å². The lowest BCUT2D eigenvalue weighted by Crippen LogP contribution is -2.35. The minimum atomic E-state index is -0.596. The van der Waals surface area contributed by atoms with Crippen molar-refractivity contribution < 1.29 is 9.53 Å². The molecule has 7 nitrogen and oxygen atoms in total. The number of carbonyl (C=O) groups is 1. The molecule has 7 heteroatoms. The number of amides is 1. The molecule has 1 unspecified atom stereocenters. The summed E-state index contributed by atoms with van der Waals surface area (Å²) in [6, 6.07) is 18.5. The number of aromatic nitrogens is 2. The summed E-state index contributed by atoms with van der Waals surface area (Å²) in [4.78, 5) is 24.8. The average molecular weight is 415 g/mol. The first-order valence-corrected chi connectivity index (χ1v) is 9.95. The lowest BCUT2D eigenvalue weighted by atomic mass is 10.2. The van der Waals surface area contributed by atoms with Gasteiger partial charge in [0.25, 0.3) is 0 Å². The Hall–Kier alpha value is -3.89. The summed E-state index contributed by atoms with van der Waals surface area (Å²) in [6.07, 6.45) is 6.09. The Labute approximate surface area is 182 Å². The second-order valence-corrected chi connectivity index (χ2v) is 6.93. The Balaban J connectivity index is 1.69. The first kappa shape index (κ1) is 21.8. The molecule has 1 atom stereocenters. The van der Waals surface area contributed by atoms with E-state index in [9.17, 15) is 4.79 Å². The number of hydrogen-bond acceptors (Lipinski definition) is 6. The molecule has 0 aliphatic carbocycles. The van der Waals surface area contributed by atoms with E-state index < -0.39 is 6.09 Å². The zero-order valence-electron chi connectivity index (χ0n) is 17.8. The zero-order valence-corrected chi connectivity index (χ0v) is 17.8. The van der Waals surface area contributed by atoms with E-state index in [-0.39, 0.29) is 6.17 Å². The molecule has 0 aliphatic heterocycles. The van der Waals surface area contributed by atoms with Gasteiger partial charge in [-0.25, -0.2) is 19.7 Å². The highest BCUT2D eigenvalue weighted by Crippen LogP contribution is 2.25. The summed E-state index contributed by atoms with van der Waals surface area (Å²) < 4.78 is 5.21. The lowest BCUT2D eigenvalue weighted by molar-refractivity contribution is 0.202. The fourth-order valence-electron chi connectivity index (χ4n) is 2.90. The smallest absolute Gasteiger partial charge is 0.355 e. The molecule has 0 aliphatic rings. The molecule has 0 fully saturated rings. The summed E-state index contributed by atoms with van der Waals surface area (Å²) in [6.45, 7) is 2.08. The molecule has 158 valence electrons. The van der Waals surface area contributed by atoms with Crippen molar-refractivity contribution in [3.05, 3.63) is 78.6 Å². The highest BCUT2D eigenvalue weighted by molar-refractivity contribution is 5.96. The Morgan fingerprint density at radius 1 is 1.00 bits per heavy atom. The van der Waals surface area contributed by atoms with Gasteiger partial charge in [0.2, 0.25) is 5.95 Å². The summed E-state index contributed by atoms with van der Waals surface area (Å²) in [5.41, 5.74) is 1.92. The number of carbonyl (C=O) groups excluding carboxylic acids is 1. The predicted octanol–water partition coefficient (Wildman–Crippen LogP) is 4.47. The van der Waals surface area contributed by atoms with E-state index in [2.05, 4.69) is 39.1 Å². The topological polar surface area (TPSA) is 70.6 Å². The molecule has 1 heterocycles. The minimum absolute atomic E-state index is 0.139. The highest BCUT2D eigenvalue weighted by Gasteiger charge is 2.19. The van der Waals surface area contributed by atoms with Crippen LogP contribution in [0.4, 0.5) is 22.1 Å². The van der Waals surface area contributed by atoms with Gasteiger partial charge in [-0.05, 0) is 50.7 Å². The Morgan fingerprint density at radius 2 is 1.55 bits per heavy atom. The van der Waals surface area contributed by atoms with Crippen molar-refractivity contribution in [2.24, 2.45) is 0 Å². The van der Waals surface area contributed by atoms with Crippen LogP contribution in [0.3, 0.4) is 0 Å². The number of rotatable bonds is 6. The third-order valence-electron chi connectivity index (χ3n) is 4.50. The molecule has 0 saturated heterocycles. The molecule has 0 bridgehead atoms. The Bertz CT molecular complexity index is 989. The number of benzene rings is 2. The summed E-state index contributed by atoms with van der Waals surface area (Å²) in [5, 5.41) is 3.24. The van der Waals surface area contributed by atoms with Crippen LogP contribution in [0.2, 0.25) is 0 Å². The van der Waals surface area contributed by atoms with Crippen molar-refractivity contribution in [2.45, 2.75) is 19.5 Å². The van der Waals surface area contributed by atoms with Gasteiger partial charge in [-0.3, -0.25) is 4.90 Å². The van der Waals surface area contributed by atoms with Crippen molar-refractivity contribution >= 4 is 23.4 Å². The standard InChI is InChI=1S/C24H25N5O2/c1-4-22(28(2)3)27-23-25-17-19(18-26-23)15-16-31-24(30)29(20-11-7-5-8-12-20)21-13-9-6-10-14-21/h5-14,17-18,22H,4H2,1-3H3,(H,25,26,27). The molecule has 31 heavy (non-hydrogen) atoms. The Kier molecular flexibility index (Phi) is 7.57. The normalized spacial score (nSPS) is 11.2. The summed E-state index contributed by atoms with van der Waals surface area (Å²) >= 11 is 0. The monoisotopic (exact) mass is 415 g/mol. The fraction of sp³-hybridized carbons (Fsp3) is 0.208. The number of nitrogens with zero attached hydrogens (tertiary/aromatic N) is 4. The molecule has 1 amide bonds. The van der Waals surface area contributed by atoms with Crippen molar-refractivity contribution in [1.29, 1.82) is 0 Å². The van der Waals surface area contributed by atoms with Gasteiger partial charge in [-0.1, -0.05) is 43.3 Å². The molecule has 2 aromatic carbocycles. The second kappa shape index (κ2) is 10.8. The third-order valence-corrected chi connectivity index (χ3v) is 4.50. The van der Waals surface area contributed by atoms with Gasteiger partial charge in [0.15, 0.2) is 0 Å². The number of nitrogens with one attached hydrogen (secondary N) is 1.